The van der Waals surface area contributed by atoms with Crippen molar-refractivity contribution in [1.29, 1.82) is 0 Å². The third-order valence-corrected chi connectivity index (χ3v) is 13.2. The molecule has 0 spiro atoms. The first-order valence-electron chi connectivity index (χ1n) is 17.6. The fourth-order valence-corrected chi connectivity index (χ4v) is 10.3. The van der Waals surface area contributed by atoms with Crippen molar-refractivity contribution in [2.24, 2.45) is 17.8 Å². The number of aromatic hydroxyl groups is 1. The predicted molar refractivity (Wildman–Crippen MR) is 191 cm³/mol. The number of likely N-dealkylation sites (tertiary alicyclic amines) is 3. The summed E-state index contributed by atoms with van der Waals surface area (Å²) in [6.45, 7) is 2.60. The van der Waals surface area contributed by atoms with E-state index in [-0.39, 0.29) is 43.1 Å². The van der Waals surface area contributed by atoms with Crippen LogP contribution >= 0.6 is 23.2 Å². The van der Waals surface area contributed by atoms with Gasteiger partial charge in [0.15, 0.2) is 9.75 Å². The molecule has 11 heteroatoms. The third-order valence-electron chi connectivity index (χ3n) is 11.8. The summed E-state index contributed by atoms with van der Waals surface area (Å²) < 4.78 is 5.94. The number of carbonyl (C=O) groups is 4. The molecule has 1 N–H and O–H groups in total. The molecular weight excluding hydrogens is 689 g/mol. The van der Waals surface area contributed by atoms with Crippen LogP contribution in [0.5, 0.6) is 11.5 Å². The Bertz CT molecular complexity index is 1930. The van der Waals surface area contributed by atoms with Crippen LogP contribution in [0.2, 0.25) is 0 Å². The number of halogens is 2. The number of benzene rings is 3. The second-order valence-corrected chi connectivity index (χ2v) is 15.8. The lowest BCUT2D eigenvalue weighted by Gasteiger charge is -2.50. The van der Waals surface area contributed by atoms with E-state index in [1.807, 2.05) is 54.6 Å². The summed E-state index contributed by atoms with van der Waals surface area (Å²) in [7, 11) is 1.35. The number of imide groups is 2. The number of hydrogen-bond donors (Lipinski definition) is 1. The zero-order chi connectivity index (χ0) is 35.7. The summed E-state index contributed by atoms with van der Waals surface area (Å²) in [5.74, 6) is -4.61. The zero-order valence-electron chi connectivity index (χ0n) is 28.2. The molecule has 3 aromatic carbocycles. The molecule has 5 aliphatic rings. The van der Waals surface area contributed by atoms with Gasteiger partial charge in [-0.3, -0.25) is 33.9 Å². The molecule has 8 rings (SSSR count). The van der Waals surface area contributed by atoms with E-state index >= 15 is 0 Å². The largest absolute Gasteiger partial charge is 0.508 e. The number of piperidine rings is 1. The van der Waals surface area contributed by atoms with Crippen LogP contribution in [-0.4, -0.2) is 79.4 Å². The number of phenolic OH excluding ortho intramolecular Hbond substituents is 1. The first-order chi connectivity index (χ1) is 24.5. The molecule has 0 radical (unpaired) electrons. The lowest BCUT2D eigenvalue weighted by molar-refractivity contribution is -0.144. The Labute approximate surface area is 306 Å². The van der Waals surface area contributed by atoms with Gasteiger partial charge in [0.2, 0.25) is 11.8 Å². The third kappa shape index (κ3) is 5.30. The van der Waals surface area contributed by atoms with Gasteiger partial charge in [-0.25, -0.2) is 0 Å². The number of fused-ring (bicyclic) bond motifs is 4. The Hall–Kier alpha value is -4.18. The number of nitrogens with zero attached hydrogens (tertiary/aromatic N) is 3. The van der Waals surface area contributed by atoms with E-state index in [1.165, 1.54) is 23.6 Å². The van der Waals surface area contributed by atoms with Crippen LogP contribution in [0.4, 0.5) is 0 Å². The molecule has 3 aliphatic heterocycles. The standard InChI is InChI=1S/C40H39Cl2N3O6/c1-43-37(49)39(41)21-31-28(34(40(39,42)38(43)50)29-13-12-27(20-32(29)46)51-23-25-10-6-3-7-11-25)14-15-30-33(31)36(48)45(35(30)47)26-16-18-44(19-17-26)22-24-8-4-2-5-9-24/h2-14,20,26,30-31,33-34,46H,15-19,21-23H2,1H3. The molecule has 0 aromatic heterocycles. The number of alkyl halides is 2. The monoisotopic (exact) mass is 727 g/mol. The Morgan fingerprint density at radius 2 is 1.51 bits per heavy atom. The molecule has 3 aromatic rings. The van der Waals surface area contributed by atoms with Crippen LogP contribution in [0.15, 0.2) is 90.5 Å². The van der Waals surface area contributed by atoms with Gasteiger partial charge in [-0.15, -0.1) is 23.2 Å². The minimum atomic E-state index is -1.98. The number of amides is 4. The van der Waals surface area contributed by atoms with E-state index in [1.54, 1.807) is 12.1 Å². The van der Waals surface area contributed by atoms with Crippen LogP contribution in [-0.2, 0) is 32.3 Å². The first-order valence-corrected chi connectivity index (χ1v) is 18.3. The van der Waals surface area contributed by atoms with Gasteiger partial charge in [-0.05, 0) is 48.8 Å². The van der Waals surface area contributed by atoms with Gasteiger partial charge in [0.1, 0.15) is 18.1 Å². The lowest BCUT2D eigenvalue weighted by Crippen LogP contribution is -2.60. The highest BCUT2D eigenvalue weighted by molar-refractivity contribution is 6.53. The molecule has 9 nitrogen and oxygen atoms in total. The summed E-state index contributed by atoms with van der Waals surface area (Å²) in [5, 5.41) is 11.5. The molecule has 6 atom stereocenters. The lowest BCUT2D eigenvalue weighted by atomic mass is 9.56. The Morgan fingerprint density at radius 1 is 0.843 bits per heavy atom. The molecule has 4 fully saturated rings. The highest BCUT2D eigenvalue weighted by Crippen LogP contribution is 2.66. The van der Waals surface area contributed by atoms with Crippen molar-refractivity contribution in [1.82, 2.24) is 14.7 Å². The number of phenols is 1. The topological polar surface area (TPSA) is 107 Å². The maximum atomic E-state index is 14.5. The van der Waals surface area contributed by atoms with E-state index < -0.39 is 45.2 Å². The predicted octanol–water partition coefficient (Wildman–Crippen LogP) is 5.62. The van der Waals surface area contributed by atoms with Crippen LogP contribution in [0.1, 0.15) is 48.3 Å². The fraction of sp³-hybridized carbons (Fsp3) is 0.400. The van der Waals surface area contributed by atoms with Crippen LogP contribution < -0.4 is 4.74 Å². The van der Waals surface area contributed by atoms with Gasteiger partial charge in [-0.2, -0.15) is 0 Å². The number of ether oxygens (including phenoxy) is 1. The second kappa shape index (κ2) is 12.8. The van der Waals surface area contributed by atoms with E-state index in [0.29, 0.717) is 29.7 Å². The molecule has 0 bridgehead atoms. The quantitative estimate of drug-likeness (QED) is 0.191. The normalized spacial score (nSPS) is 31.0. The molecule has 3 saturated heterocycles. The van der Waals surface area contributed by atoms with Gasteiger partial charge in [-0.1, -0.05) is 78.4 Å². The van der Waals surface area contributed by atoms with E-state index in [0.717, 1.165) is 30.1 Å². The fourth-order valence-electron chi connectivity index (χ4n) is 9.25. The van der Waals surface area contributed by atoms with Gasteiger partial charge in [0.05, 0.1) is 11.8 Å². The van der Waals surface area contributed by atoms with E-state index in [4.69, 9.17) is 27.9 Å². The average molecular weight is 729 g/mol. The Morgan fingerprint density at radius 3 is 2.18 bits per heavy atom. The van der Waals surface area contributed by atoms with Crippen molar-refractivity contribution in [2.75, 3.05) is 20.1 Å². The summed E-state index contributed by atoms with van der Waals surface area (Å²) in [4.78, 5) is 57.2. The highest BCUT2D eigenvalue weighted by atomic mass is 35.5. The molecule has 51 heavy (non-hydrogen) atoms. The molecule has 2 aliphatic carbocycles. The minimum Gasteiger partial charge on any atom is -0.508 e. The van der Waals surface area contributed by atoms with Crippen LogP contribution in [0.3, 0.4) is 0 Å². The molecule has 4 amide bonds. The average Bonchev–Trinajstić information content (AvgIpc) is 3.47. The molecular formula is C40H39Cl2N3O6. The van der Waals surface area contributed by atoms with Gasteiger partial charge in [0.25, 0.3) is 11.8 Å². The number of allylic oxidation sites excluding steroid dienone is 2. The summed E-state index contributed by atoms with van der Waals surface area (Å²) >= 11 is 14.6. The minimum absolute atomic E-state index is 0.0854. The second-order valence-electron chi connectivity index (χ2n) is 14.5. The summed E-state index contributed by atoms with van der Waals surface area (Å²) in [5.41, 5.74) is 3.11. The summed E-state index contributed by atoms with van der Waals surface area (Å²) in [6, 6.07) is 24.4. The van der Waals surface area contributed by atoms with Crippen molar-refractivity contribution in [3.63, 3.8) is 0 Å². The van der Waals surface area contributed by atoms with Crippen molar-refractivity contribution < 1.29 is 29.0 Å². The van der Waals surface area contributed by atoms with E-state index in [9.17, 15) is 24.3 Å². The van der Waals surface area contributed by atoms with Crippen molar-refractivity contribution >= 4 is 46.8 Å². The maximum Gasteiger partial charge on any atom is 0.253 e. The number of hydrogen-bond acceptors (Lipinski definition) is 7. The Balaban J connectivity index is 1.09. The van der Waals surface area contributed by atoms with Gasteiger partial charge >= 0.3 is 0 Å². The van der Waals surface area contributed by atoms with Gasteiger partial charge < -0.3 is 9.84 Å². The molecule has 1 saturated carbocycles. The molecule has 6 unspecified atom stereocenters. The zero-order valence-corrected chi connectivity index (χ0v) is 29.7. The van der Waals surface area contributed by atoms with Crippen molar-refractivity contribution in [2.45, 2.75) is 60.5 Å². The van der Waals surface area contributed by atoms with Crippen LogP contribution in [0.25, 0.3) is 0 Å². The molecule has 3 heterocycles. The Kier molecular flexibility index (Phi) is 8.51. The number of rotatable bonds is 7. The number of carbonyl (C=O) groups excluding carboxylic acids is 4. The first kappa shape index (κ1) is 33.9. The van der Waals surface area contributed by atoms with Gasteiger partial charge in [0, 0.05) is 50.3 Å². The maximum absolute atomic E-state index is 14.5. The SMILES string of the molecule is CN1C(=O)C2(Cl)CC3C(=CCC4C(=O)N(C5CCN(Cc6ccccc6)CC5)C(=O)C43)C(c3ccc(OCc4ccccc4)cc3O)C2(Cl)C1=O. The molecule has 264 valence electrons. The highest BCUT2D eigenvalue weighted by Gasteiger charge is 2.76. The van der Waals surface area contributed by atoms with Crippen LogP contribution in [0, 0.1) is 17.8 Å². The van der Waals surface area contributed by atoms with E-state index in [2.05, 4.69) is 17.0 Å². The van der Waals surface area contributed by atoms with Crippen molar-refractivity contribution in [3.8, 4) is 11.5 Å². The van der Waals surface area contributed by atoms with Crippen molar-refractivity contribution in [3.05, 3.63) is 107 Å². The summed E-state index contributed by atoms with van der Waals surface area (Å²) in [6.07, 6.45) is 3.43. The smallest absolute Gasteiger partial charge is 0.253 e.